The Labute approximate surface area is 180 Å². The number of ether oxygens (including phenoxy) is 1. The molecule has 30 heavy (non-hydrogen) atoms. The second kappa shape index (κ2) is 10.5. The quantitative estimate of drug-likeness (QED) is 0.452. The van der Waals surface area contributed by atoms with Crippen molar-refractivity contribution in [1.82, 2.24) is 19.7 Å². The van der Waals surface area contributed by atoms with Crippen molar-refractivity contribution in [3.63, 3.8) is 0 Å². The first-order valence-corrected chi connectivity index (χ1v) is 9.73. The number of halogens is 1. The number of hydrogen-bond acceptors (Lipinski definition) is 7. The summed E-state index contributed by atoms with van der Waals surface area (Å²) in [6.45, 7) is 5.25. The van der Waals surface area contributed by atoms with Gasteiger partial charge in [-0.25, -0.2) is 4.98 Å². The molecule has 0 aliphatic heterocycles. The molecule has 2 aromatic heterocycles. The lowest BCUT2D eigenvalue weighted by molar-refractivity contribution is -0.114. The summed E-state index contributed by atoms with van der Waals surface area (Å²) in [5, 5.41) is 11.0. The molecule has 0 bridgehead atoms. The van der Waals surface area contributed by atoms with Gasteiger partial charge in [0.1, 0.15) is 5.02 Å². The third kappa shape index (κ3) is 6.13. The molecule has 8 nitrogen and oxygen atoms in total. The first-order valence-electron chi connectivity index (χ1n) is 9.35. The lowest BCUT2D eigenvalue weighted by atomic mass is 10.1. The zero-order chi connectivity index (χ0) is 21.3. The number of methoxy groups -OCH3 is 1. The zero-order valence-corrected chi connectivity index (χ0v) is 17.4. The average Bonchev–Trinajstić information content (AvgIpc) is 3.20. The molecule has 3 aromatic rings. The fraction of sp³-hybridized carbons (Fsp3) is 0.238. The van der Waals surface area contributed by atoms with Crippen molar-refractivity contribution in [3.05, 3.63) is 71.7 Å². The largest absolute Gasteiger partial charge is 0.383 e. The summed E-state index contributed by atoms with van der Waals surface area (Å²) in [7, 11) is 1.65. The van der Waals surface area contributed by atoms with Gasteiger partial charge in [0.25, 0.3) is 0 Å². The molecule has 156 valence electrons. The molecule has 0 aliphatic carbocycles. The Bertz CT molecular complexity index is 1020. The molecule has 0 fully saturated rings. The van der Waals surface area contributed by atoms with Crippen LogP contribution in [0.1, 0.15) is 11.1 Å². The van der Waals surface area contributed by atoms with Crippen LogP contribution in [-0.4, -0.2) is 39.2 Å². The van der Waals surface area contributed by atoms with E-state index < -0.39 is 0 Å². The highest BCUT2D eigenvalue weighted by atomic mass is 35.5. The molecule has 0 spiro atoms. The highest BCUT2D eigenvalue weighted by molar-refractivity contribution is 6.32. The van der Waals surface area contributed by atoms with Crippen molar-refractivity contribution in [1.29, 1.82) is 0 Å². The van der Waals surface area contributed by atoms with E-state index in [4.69, 9.17) is 16.3 Å². The van der Waals surface area contributed by atoms with Crippen molar-refractivity contribution < 1.29 is 9.53 Å². The summed E-state index contributed by atoms with van der Waals surface area (Å²) in [5.41, 5.74) is 2.70. The van der Waals surface area contributed by atoms with E-state index in [1.807, 2.05) is 30.5 Å². The highest BCUT2D eigenvalue weighted by Crippen LogP contribution is 2.22. The number of benzene rings is 1. The van der Waals surface area contributed by atoms with Gasteiger partial charge in [0, 0.05) is 26.3 Å². The first kappa shape index (κ1) is 21.5. The fourth-order valence-electron chi connectivity index (χ4n) is 2.72. The van der Waals surface area contributed by atoms with Crippen molar-refractivity contribution in [2.45, 2.75) is 19.5 Å². The molecule has 2 N–H and O–H groups in total. The smallest absolute Gasteiger partial charge is 0.229 e. The fourth-order valence-corrected chi connectivity index (χ4v) is 2.88. The summed E-state index contributed by atoms with van der Waals surface area (Å²) in [6.07, 6.45) is 6.74. The van der Waals surface area contributed by atoms with Gasteiger partial charge in [-0.3, -0.25) is 9.48 Å². The van der Waals surface area contributed by atoms with E-state index in [1.54, 1.807) is 18.0 Å². The number of rotatable bonds is 11. The van der Waals surface area contributed by atoms with Gasteiger partial charge in [-0.05, 0) is 17.2 Å². The van der Waals surface area contributed by atoms with Crippen molar-refractivity contribution in [2.75, 3.05) is 24.4 Å². The molecular weight excluding hydrogens is 404 g/mol. The van der Waals surface area contributed by atoms with Crippen LogP contribution >= 0.6 is 11.6 Å². The number of anilines is 3. The summed E-state index contributed by atoms with van der Waals surface area (Å²) in [6, 6.07) is 7.77. The van der Waals surface area contributed by atoms with Crippen LogP contribution < -0.4 is 10.6 Å². The lowest BCUT2D eigenvalue weighted by Gasteiger charge is -2.10. The molecular formula is C21H23ClN6O2. The number of nitrogens with zero attached hydrogens (tertiary/aromatic N) is 4. The molecule has 0 amide bonds. The van der Waals surface area contributed by atoms with E-state index in [2.05, 4.69) is 32.3 Å². The zero-order valence-electron chi connectivity index (χ0n) is 16.6. The molecule has 0 saturated carbocycles. The number of carbonyl (C=O) groups excluding carboxylic acids is 1. The molecule has 2 heterocycles. The lowest BCUT2D eigenvalue weighted by Crippen LogP contribution is -2.06. The van der Waals surface area contributed by atoms with E-state index in [1.165, 1.54) is 12.3 Å². The maximum atomic E-state index is 11.6. The van der Waals surface area contributed by atoms with Crippen LogP contribution in [0.5, 0.6) is 0 Å². The maximum absolute atomic E-state index is 11.6. The molecule has 0 aliphatic rings. The number of hydrogen-bond donors (Lipinski definition) is 2. The summed E-state index contributed by atoms with van der Waals surface area (Å²) in [5.74, 6) is 0.896. The van der Waals surface area contributed by atoms with Gasteiger partial charge < -0.3 is 15.4 Å². The van der Waals surface area contributed by atoms with Gasteiger partial charge in [-0.15, -0.1) is 0 Å². The van der Waals surface area contributed by atoms with Gasteiger partial charge >= 0.3 is 0 Å². The molecule has 9 heteroatoms. The third-order valence-electron chi connectivity index (χ3n) is 4.22. The molecule has 0 radical (unpaired) electrons. The monoisotopic (exact) mass is 426 g/mol. The first-order chi connectivity index (χ1) is 14.6. The number of nitrogens with one attached hydrogen (secondary N) is 2. The van der Waals surface area contributed by atoms with Gasteiger partial charge in [0.15, 0.2) is 11.6 Å². The number of carbonyl (C=O) groups is 1. The predicted octanol–water partition coefficient (Wildman–Crippen LogP) is 3.63. The van der Waals surface area contributed by atoms with Gasteiger partial charge in [-0.1, -0.05) is 42.4 Å². The second-order valence-electron chi connectivity index (χ2n) is 6.52. The molecule has 0 saturated heterocycles. The Morgan fingerprint density at radius 3 is 2.97 bits per heavy atom. The SMILES string of the molecule is C=CC(=O)Cc1cccc(CNc2nc(Nc3cnn(CCOC)c3)ncc2Cl)c1. The predicted molar refractivity (Wildman–Crippen MR) is 117 cm³/mol. The van der Waals surface area contributed by atoms with Crippen LogP contribution in [0.4, 0.5) is 17.5 Å². The minimum atomic E-state index is -0.0137. The van der Waals surface area contributed by atoms with Crippen LogP contribution in [0.25, 0.3) is 0 Å². The van der Waals surface area contributed by atoms with Crippen molar-refractivity contribution in [3.8, 4) is 0 Å². The Hall–Kier alpha value is -3.23. The van der Waals surface area contributed by atoms with E-state index in [-0.39, 0.29) is 5.78 Å². The second-order valence-corrected chi connectivity index (χ2v) is 6.93. The molecule has 0 atom stereocenters. The number of ketones is 1. The standard InChI is InChI=1S/C21H23ClN6O2/c1-3-18(29)10-15-5-4-6-16(9-15)11-23-20-19(22)13-24-21(27-20)26-17-12-25-28(14-17)7-8-30-2/h3-6,9,12-14H,1,7-8,10-11H2,2H3,(H2,23,24,26,27). The Morgan fingerprint density at radius 1 is 1.33 bits per heavy atom. The van der Waals surface area contributed by atoms with E-state index >= 15 is 0 Å². The van der Waals surface area contributed by atoms with Crippen LogP contribution in [0.3, 0.4) is 0 Å². The minimum absolute atomic E-state index is 0.0137. The van der Waals surface area contributed by atoms with Gasteiger partial charge in [-0.2, -0.15) is 10.1 Å². The number of allylic oxidation sites excluding steroid dienone is 1. The van der Waals surface area contributed by atoms with Crippen molar-refractivity contribution in [2.24, 2.45) is 0 Å². The number of aromatic nitrogens is 4. The van der Waals surface area contributed by atoms with E-state index in [0.717, 1.165) is 16.8 Å². The molecule has 3 rings (SSSR count). The van der Waals surface area contributed by atoms with E-state index in [0.29, 0.717) is 42.9 Å². The summed E-state index contributed by atoms with van der Waals surface area (Å²) >= 11 is 6.24. The Morgan fingerprint density at radius 2 is 2.17 bits per heavy atom. The normalized spacial score (nSPS) is 10.6. The molecule has 0 unspecified atom stereocenters. The topological polar surface area (TPSA) is 94.0 Å². The Kier molecular flexibility index (Phi) is 7.53. The van der Waals surface area contributed by atoms with Crippen LogP contribution in [0, 0.1) is 0 Å². The maximum Gasteiger partial charge on any atom is 0.229 e. The Balaban J connectivity index is 1.64. The van der Waals surface area contributed by atoms with Crippen LogP contribution in [-0.2, 0) is 29.0 Å². The minimum Gasteiger partial charge on any atom is -0.383 e. The molecule has 1 aromatic carbocycles. The average molecular weight is 427 g/mol. The van der Waals surface area contributed by atoms with Crippen LogP contribution in [0.2, 0.25) is 5.02 Å². The van der Waals surface area contributed by atoms with Gasteiger partial charge in [0.2, 0.25) is 5.95 Å². The highest BCUT2D eigenvalue weighted by Gasteiger charge is 2.08. The van der Waals surface area contributed by atoms with Gasteiger partial charge in [0.05, 0.1) is 31.2 Å². The summed E-state index contributed by atoms with van der Waals surface area (Å²) in [4.78, 5) is 20.2. The van der Waals surface area contributed by atoms with Crippen LogP contribution in [0.15, 0.2) is 55.5 Å². The van der Waals surface area contributed by atoms with E-state index in [9.17, 15) is 4.79 Å². The summed E-state index contributed by atoms with van der Waals surface area (Å²) < 4.78 is 6.82. The third-order valence-corrected chi connectivity index (χ3v) is 4.49. The van der Waals surface area contributed by atoms with Crippen molar-refractivity contribution >= 4 is 34.8 Å².